The van der Waals surface area contributed by atoms with Gasteiger partial charge in [0.15, 0.2) is 11.8 Å². The van der Waals surface area contributed by atoms with Crippen LogP contribution in [-0.4, -0.2) is 54.8 Å². The van der Waals surface area contributed by atoms with Gasteiger partial charge in [-0.2, -0.15) is 4.98 Å². The van der Waals surface area contributed by atoms with Crippen molar-refractivity contribution < 1.29 is 13.7 Å². The number of rotatable bonds is 8. The Morgan fingerprint density at radius 3 is 2.69 bits per heavy atom. The largest absolute Gasteiger partial charge is 0.492 e. The first-order chi connectivity index (χ1) is 12.5. The number of likely N-dealkylation sites (N-methyl/N-ethyl adjacent to an activating group) is 1. The standard InChI is InChI=1S/C18H26FN5O2/c1-13(2)17-22-16(26-23-17)9-10-21-18(20-3)24(4)11-12-25-15-7-5-14(19)6-8-15/h5-8,13H,9-12H2,1-4H3,(H,20,21). The normalized spacial score (nSPS) is 11.7. The quantitative estimate of drug-likeness (QED) is 0.574. The van der Waals surface area contributed by atoms with Gasteiger partial charge in [0.25, 0.3) is 0 Å². The SMILES string of the molecule is CN=C(NCCc1nc(C(C)C)no1)N(C)CCOc1ccc(F)cc1. The Balaban J connectivity index is 1.71. The third-order valence-electron chi connectivity index (χ3n) is 3.70. The average molecular weight is 363 g/mol. The minimum atomic E-state index is -0.277. The minimum absolute atomic E-state index is 0.250. The topological polar surface area (TPSA) is 75.8 Å². The Morgan fingerprint density at radius 1 is 1.35 bits per heavy atom. The second-order valence-electron chi connectivity index (χ2n) is 6.15. The van der Waals surface area contributed by atoms with Crippen LogP contribution in [0.2, 0.25) is 0 Å². The van der Waals surface area contributed by atoms with Gasteiger partial charge < -0.3 is 19.5 Å². The van der Waals surface area contributed by atoms with Crippen molar-refractivity contribution in [1.29, 1.82) is 0 Å². The van der Waals surface area contributed by atoms with E-state index in [0.717, 1.165) is 11.8 Å². The predicted octanol–water partition coefficient (Wildman–Crippen LogP) is 2.46. The summed E-state index contributed by atoms with van der Waals surface area (Å²) in [6, 6.07) is 5.97. The van der Waals surface area contributed by atoms with Gasteiger partial charge in [-0.3, -0.25) is 4.99 Å². The van der Waals surface area contributed by atoms with E-state index in [1.54, 1.807) is 19.2 Å². The number of benzene rings is 1. The molecule has 1 aromatic heterocycles. The lowest BCUT2D eigenvalue weighted by Crippen LogP contribution is -2.41. The van der Waals surface area contributed by atoms with E-state index in [2.05, 4.69) is 20.4 Å². The van der Waals surface area contributed by atoms with E-state index in [9.17, 15) is 4.39 Å². The molecule has 0 fully saturated rings. The number of ether oxygens (including phenoxy) is 1. The van der Waals surface area contributed by atoms with E-state index in [4.69, 9.17) is 9.26 Å². The number of hydrogen-bond acceptors (Lipinski definition) is 5. The summed E-state index contributed by atoms with van der Waals surface area (Å²) in [6.45, 7) is 5.78. The van der Waals surface area contributed by atoms with Gasteiger partial charge in [-0.15, -0.1) is 0 Å². The average Bonchev–Trinajstić information content (AvgIpc) is 3.09. The molecule has 0 aliphatic carbocycles. The summed E-state index contributed by atoms with van der Waals surface area (Å²) >= 11 is 0. The molecule has 0 aliphatic rings. The Labute approximate surface area is 153 Å². The molecule has 0 atom stereocenters. The molecule has 7 nitrogen and oxygen atoms in total. The zero-order valence-electron chi connectivity index (χ0n) is 15.7. The van der Waals surface area contributed by atoms with E-state index >= 15 is 0 Å². The van der Waals surface area contributed by atoms with Crippen molar-refractivity contribution in [2.45, 2.75) is 26.2 Å². The number of nitrogens with one attached hydrogen (secondary N) is 1. The molecule has 1 N–H and O–H groups in total. The highest BCUT2D eigenvalue weighted by Gasteiger charge is 2.10. The van der Waals surface area contributed by atoms with Crippen molar-refractivity contribution in [3.8, 4) is 5.75 Å². The van der Waals surface area contributed by atoms with Crippen LogP contribution < -0.4 is 10.1 Å². The third-order valence-corrected chi connectivity index (χ3v) is 3.70. The van der Waals surface area contributed by atoms with Crippen molar-refractivity contribution in [1.82, 2.24) is 20.4 Å². The summed E-state index contributed by atoms with van der Waals surface area (Å²) in [5.41, 5.74) is 0. The fraction of sp³-hybridized carbons (Fsp3) is 0.500. The molecule has 0 spiro atoms. The van der Waals surface area contributed by atoms with Gasteiger partial charge in [-0.1, -0.05) is 19.0 Å². The Bertz CT molecular complexity index is 700. The molecule has 142 valence electrons. The highest BCUT2D eigenvalue weighted by atomic mass is 19.1. The lowest BCUT2D eigenvalue weighted by atomic mass is 10.2. The van der Waals surface area contributed by atoms with Crippen LogP contribution >= 0.6 is 0 Å². The Morgan fingerprint density at radius 2 is 2.08 bits per heavy atom. The molecule has 26 heavy (non-hydrogen) atoms. The van der Waals surface area contributed by atoms with Crippen LogP contribution in [0, 0.1) is 5.82 Å². The molecule has 8 heteroatoms. The van der Waals surface area contributed by atoms with Gasteiger partial charge in [-0.05, 0) is 24.3 Å². The summed E-state index contributed by atoms with van der Waals surface area (Å²) in [7, 11) is 3.65. The molecule has 0 aliphatic heterocycles. The fourth-order valence-corrected chi connectivity index (χ4v) is 2.21. The van der Waals surface area contributed by atoms with Gasteiger partial charge >= 0.3 is 0 Å². The van der Waals surface area contributed by atoms with E-state index in [0.29, 0.717) is 37.8 Å². The predicted molar refractivity (Wildman–Crippen MR) is 98.0 cm³/mol. The number of aliphatic imine (C=N–C) groups is 1. The van der Waals surface area contributed by atoms with Crippen LogP contribution in [0.5, 0.6) is 5.75 Å². The molecular weight excluding hydrogens is 337 g/mol. The smallest absolute Gasteiger partial charge is 0.228 e. The lowest BCUT2D eigenvalue weighted by Gasteiger charge is -2.21. The molecule has 1 heterocycles. The zero-order valence-corrected chi connectivity index (χ0v) is 15.7. The number of aromatic nitrogens is 2. The van der Waals surface area contributed by atoms with Gasteiger partial charge in [0.05, 0.1) is 6.54 Å². The molecule has 0 amide bonds. The van der Waals surface area contributed by atoms with Crippen molar-refractivity contribution in [3.63, 3.8) is 0 Å². The van der Waals surface area contributed by atoms with E-state index in [1.165, 1.54) is 12.1 Å². The summed E-state index contributed by atoms with van der Waals surface area (Å²) in [5, 5.41) is 7.20. The van der Waals surface area contributed by atoms with Crippen LogP contribution in [0.4, 0.5) is 4.39 Å². The van der Waals surface area contributed by atoms with Gasteiger partial charge in [0.2, 0.25) is 5.89 Å². The number of hydrogen-bond donors (Lipinski definition) is 1. The van der Waals surface area contributed by atoms with Crippen LogP contribution in [0.1, 0.15) is 31.5 Å². The first kappa shape index (κ1) is 19.7. The summed E-state index contributed by atoms with van der Waals surface area (Å²) < 4.78 is 23.7. The van der Waals surface area contributed by atoms with E-state index in [-0.39, 0.29) is 11.7 Å². The van der Waals surface area contributed by atoms with Crippen molar-refractivity contribution in [2.75, 3.05) is 33.8 Å². The summed E-state index contributed by atoms with van der Waals surface area (Å²) in [4.78, 5) is 10.6. The first-order valence-electron chi connectivity index (χ1n) is 8.62. The number of nitrogens with zero attached hydrogens (tertiary/aromatic N) is 4. The van der Waals surface area contributed by atoms with Crippen LogP contribution in [0.25, 0.3) is 0 Å². The zero-order chi connectivity index (χ0) is 18.9. The fourth-order valence-electron chi connectivity index (χ4n) is 2.21. The maximum absolute atomic E-state index is 12.9. The van der Waals surface area contributed by atoms with Crippen LogP contribution in [0.3, 0.4) is 0 Å². The molecule has 0 radical (unpaired) electrons. The third kappa shape index (κ3) is 6.02. The van der Waals surface area contributed by atoms with Gasteiger partial charge in [0, 0.05) is 33.0 Å². The molecule has 2 aromatic rings. The van der Waals surface area contributed by atoms with Crippen molar-refractivity contribution in [2.24, 2.45) is 4.99 Å². The lowest BCUT2D eigenvalue weighted by molar-refractivity contribution is 0.281. The Hall–Kier alpha value is -2.64. The maximum Gasteiger partial charge on any atom is 0.228 e. The minimum Gasteiger partial charge on any atom is -0.492 e. The molecule has 0 bridgehead atoms. The maximum atomic E-state index is 12.9. The summed E-state index contributed by atoms with van der Waals surface area (Å²) in [6.07, 6.45) is 0.624. The van der Waals surface area contributed by atoms with E-state index < -0.39 is 0 Å². The van der Waals surface area contributed by atoms with Gasteiger partial charge in [-0.25, -0.2) is 4.39 Å². The first-order valence-corrected chi connectivity index (χ1v) is 8.62. The molecule has 0 unspecified atom stereocenters. The number of halogens is 1. The van der Waals surface area contributed by atoms with Gasteiger partial charge in [0.1, 0.15) is 18.2 Å². The molecular formula is C18H26FN5O2. The van der Waals surface area contributed by atoms with Crippen molar-refractivity contribution in [3.05, 3.63) is 41.8 Å². The molecule has 0 saturated carbocycles. The molecule has 1 aromatic carbocycles. The highest BCUT2D eigenvalue weighted by molar-refractivity contribution is 5.79. The Kier molecular flexibility index (Phi) is 7.37. The highest BCUT2D eigenvalue weighted by Crippen LogP contribution is 2.11. The monoisotopic (exact) mass is 363 g/mol. The number of guanidine groups is 1. The van der Waals surface area contributed by atoms with Crippen molar-refractivity contribution >= 4 is 5.96 Å². The molecule has 0 saturated heterocycles. The second kappa shape index (κ2) is 9.74. The molecule has 2 rings (SSSR count). The van der Waals surface area contributed by atoms with E-state index in [1.807, 2.05) is 25.8 Å². The van der Waals surface area contributed by atoms with Crippen LogP contribution in [0.15, 0.2) is 33.8 Å². The van der Waals surface area contributed by atoms with Crippen LogP contribution in [-0.2, 0) is 6.42 Å². The second-order valence-corrected chi connectivity index (χ2v) is 6.15. The summed E-state index contributed by atoms with van der Waals surface area (Å²) in [5.74, 6) is 2.69.